The van der Waals surface area contributed by atoms with Crippen LogP contribution in [0.2, 0.25) is 0 Å². The number of benzene rings is 1. The second kappa shape index (κ2) is 9.21. The minimum Gasteiger partial charge on any atom is -0.385 e. The van der Waals surface area contributed by atoms with E-state index in [2.05, 4.69) is 5.32 Å². The average Bonchev–Trinajstić information content (AvgIpc) is 3.11. The Labute approximate surface area is 171 Å². The van der Waals surface area contributed by atoms with E-state index in [9.17, 15) is 18.0 Å². The number of morpholine rings is 1. The lowest BCUT2D eigenvalue weighted by Gasteiger charge is -2.26. The smallest absolute Gasteiger partial charge is 0.243 e. The molecule has 1 saturated heterocycles. The molecule has 0 bridgehead atoms. The fourth-order valence-electron chi connectivity index (χ4n) is 3.67. The van der Waals surface area contributed by atoms with Crippen LogP contribution < -0.4 is 10.2 Å². The number of amides is 2. The Hall–Kier alpha value is -2.01. The van der Waals surface area contributed by atoms with Gasteiger partial charge in [0.15, 0.2) is 0 Å². The van der Waals surface area contributed by atoms with Crippen molar-refractivity contribution in [1.82, 2.24) is 9.62 Å². The summed E-state index contributed by atoms with van der Waals surface area (Å²) in [6.07, 6.45) is 0.946. The van der Waals surface area contributed by atoms with Gasteiger partial charge in [-0.2, -0.15) is 4.31 Å². The van der Waals surface area contributed by atoms with Crippen LogP contribution in [0.4, 0.5) is 5.69 Å². The molecule has 2 heterocycles. The van der Waals surface area contributed by atoms with Gasteiger partial charge in [0.05, 0.1) is 18.1 Å². The van der Waals surface area contributed by atoms with Crippen molar-refractivity contribution in [3.05, 3.63) is 23.8 Å². The first kappa shape index (κ1) is 21.7. The van der Waals surface area contributed by atoms with Crippen LogP contribution in [0.25, 0.3) is 0 Å². The first-order chi connectivity index (χ1) is 13.9. The first-order valence-electron chi connectivity index (χ1n) is 9.63. The predicted molar refractivity (Wildman–Crippen MR) is 106 cm³/mol. The minimum atomic E-state index is -3.64. The van der Waals surface area contributed by atoms with Crippen LogP contribution in [0.15, 0.2) is 23.1 Å². The molecule has 0 aliphatic carbocycles. The quantitative estimate of drug-likeness (QED) is 0.623. The second-order valence-electron chi connectivity index (χ2n) is 7.05. The summed E-state index contributed by atoms with van der Waals surface area (Å²) in [5.74, 6) is -0.519. The van der Waals surface area contributed by atoms with Gasteiger partial charge >= 0.3 is 0 Å². The highest BCUT2D eigenvalue weighted by Crippen LogP contribution is 2.35. The third-order valence-corrected chi connectivity index (χ3v) is 7.00. The van der Waals surface area contributed by atoms with E-state index in [1.54, 1.807) is 19.2 Å². The Morgan fingerprint density at radius 1 is 1.28 bits per heavy atom. The van der Waals surface area contributed by atoms with E-state index in [1.807, 2.05) is 0 Å². The first-order valence-corrected chi connectivity index (χ1v) is 11.1. The van der Waals surface area contributed by atoms with Crippen molar-refractivity contribution in [2.45, 2.75) is 30.7 Å². The molecular formula is C19H27N3O6S. The number of hydrogen-bond acceptors (Lipinski definition) is 6. The lowest BCUT2D eigenvalue weighted by atomic mass is 10.1. The number of carbonyl (C=O) groups excluding carboxylic acids is 2. The van der Waals surface area contributed by atoms with E-state index < -0.39 is 16.1 Å². The average molecular weight is 426 g/mol. The zero-order valence-corrected chi connectivity index (χ0v) is 17.5. The highest BCUT2D eigenvalue weighted by molar-refractivity contribution is 7.89. The molecule has 1 N–H and O–H groups in total. The van der Waals surface area contributed by atoms with Crippen molar-refractivity contribution in [2.24, 2.45) is 0 Å². The largest absolute Gasteiger partial charge is 0.385 e. The molecule has 0 aromatic heterocycles. The molecule has 160 valence electrons. The van der Waals surface area contributed by atoms with Crippen molar-refractivity contribution in [2.75, 3.05) is 51.5 Å². The number of methoxy groups -OCH3 is 1. The van der Waals surface area contributed by atoms with Gasteiger partial charge in [-0.15, -0.1) is 0 Å². The number of ether oxygens (including phenoxy) is 2. The van der Waals surface area contributed by atoms with Crippen LogP contribution >= 0.6 is 0 Å². The molecule has 10 heteroatoms. The van der Waals surface area contributed by atoms with Crippen LogP contribution in [0.1, 0.15) is 18.9 Å². The standard InChI is InChI=1S/C19H27N3O6S/c1-14(23)22-17-5-4-16(29(25,26)21-7-10-28-11-8-21)12-15(17)13-18(22)19(24)20-6-3-9-27-2/h4-5,12,18H,3,6-11,13H2,1-2H3,(H,20,24)/t18-/m1/s1. The van der Waals surface area contributed by atoms with Crippen molar-refractivity contribution in [1.29, 1.82) is 0 Å². The van der Waals surface area contributed by atoms with Crippen molar-refractivity contribution in [3.63, 3.8) is 0 Å². The molecule has 2 aliphatic rings. The predicted octanol–water partition coefficient (Wildman–Crippen LogP) is 0.138. The summed E-state index contributed by atoms with van der Waals surface area (Å²) in [4.78, 5) is 26.5. The van der Waals surface area contributed by atoms with Gasteiger partial charge < -0.3 is 14.8 Å². The summed E-state index contributed by atoms with van der Waals surface area (Å²) >= 11 is 0. The maximum absolute atomic E-state index is 12.9. The normalized spacial score (nSPS) is 19.8. The molecule has 1 atom stereocenters. The number of fused-ring (bicyclic) bond motifs is 1. The fraction of sp³-hybridized carbons (Fsp3) is 0.579. The number of carbonyl (C=O) groups is 2. The molecule has 29 heavy (non-hydrogen) atoms. The van der Waals surface area contributed by atoms with Gasteiger partial charge in [-0.1, -0.05) is 0 Å². The highest BCUT2D eigenvalue weighted by Gasteiger charge is 2.38. The summed E-state index contributed by atoms with van der Waals surface area (Å²) < 4.78 is 37.4. The van der Waals surface area contributed by atoms with Gasteiger partial charge in [-0.3, -0.25) is 14.5 Å². The van der Waals surface area contributed by atoms with Gasteiger partial charge in [0.25, 0.3) is 0 Å². The summed E-state index contributed by atoms with van der Waals surface area (Å²) in [6.45, 7) is 3.74. The number of nitrogens with one attached hydrogen (secondary N) is 1. The van der Waals surface area contributed by atoms with E-state index in [1.165, 1.54) is 22.2 Å². The van der Waals surface area contributed by atoms with Gasteiger partial charge in [0.2, 0.25) is 21.8 Å². The molecule has 0 radical (unpaired) electrons. The minimum absolute atomic E-state index is 0.169. The molecule has 9 nitrogen and oxygen atoms in total. The van der Waals surface area contributed by atoms with Crippen LogP contribution in [-0.4, -0.2) is 77.1 Å². The maximum Gasteiger partial charge on any atom is 0.243 e. The number of anilines is 1. The van der Waals surface area contributed by atoms with Crippen molar-refractivity contribution >= 4 is 27.5 Å². The second-order valence-corrected chi connectivity index (χ2v) is 8.99. The number of nitrogens with zero attached hydrogens (tertiary/aromatic N) is 2. The van der Waals surface area contributed by atoms with Gasteiger partial charge in [0, 0.05) is 52.4 Å². The Kier molecular flexibility index (Phi) is 6.89. The third kappa shape index (κ3) is 4.61. The van der Waals surface area contributed by atoms with E-state index in [-0.39, 0.29) is 23.1 Å². The summed E-state index contributed by atoms with van der Waals surface area (Å²) in [6, 6.07) is 4.00. The summed E-state index contributed by atoms with van der Waals surface area (Å²) in [7, 11) is -2.05. The number of sulfonamides is 1. The Morgan fingerprint density at radius 2 is 2.00 bits per heavy atom. The van der Waals surface area contributed by atoms with E-state index in [0.717, 1.165) is 0 Å². The van der Waals surface area contributed by atoms with Crippen LogP contribution in [-0.2, 0) is 35.5 Å². The van der Waals surface area contributed by atoms with E-state index >= 15 is 0 Å². The molecule has 1 fully saturated rings. The molecule has 1 aromatic rings. The summed E-state index contributed by atoms with van der Waals surface area (Å²) in [5.41, 5.74) is 1.25. The molecular weight excluding hydrogens is 398 g/mol. The Balaban J connectivity index is 1.81. The Bertz CT molecular complexity index is 867. The zero-order valence-electron chi connectivity index (χ0n) is 16.7. The molecule has 0 spiro atoms. The van der Waals surface area contributed by atoms with Crippen LogP contribution in [0.5, 0.6) is 0 Å². The molecule has 1 aromatic carbocycles. The molecule has 0 saturated carbocycles. The van der Waals surface area contributed by atoms with Gasteiger partial charge in [0.1, 0.15) is 6.04 Å². The zero-order chi connectivity index (χ0) is 21.0. The lowest BCUT2D eigenvalue weighted by Crippen LogP contribution is -2.47. The molecule has 0 unspecified atom stereocenters. The van der Waals surface area contributed by atoms with E-state index in [4.69, 9.17) is 9.47 Å². The van der Waals surface area contributed by atoms with Gasteiger partial charge in [-0.25, -0.2) is 8.42 Å². The highest BCUT2D eigenvalue weighted by atomic mass is 32.2. The number of hydrogen-bond donors (Lipinski definition) is 1. The van der Waals surface area contributed by atoms with Crippen LogP contribution in [0.3, 0.4) is 0 Å². The van der Waals surface area contributed by atoms with Crippen molar-refractivity contribution in [3.8, 4) is 0 Å². The monoisotopic (exact) mass is 425 g/mol. The molecule has 3 rings (SSSR count). The fourth-order valence-corrected chi connectivity index (χ4v) is 5.13. The maximum atomic E-state index is 12.9. The number of rotatable bonds is 7. The molecule has 2 aliphatic heterocycles. The SMILES string of the molecule is COCCCNC(=O)[C@H]1Cc2cc(S(=O)(=O)N3CCOCC3)ccc2N1C(C)=O. The van der Waals surface area contributed by atoms with Gasteiger partial charge in [-0.05, 0) is 30.2 Å². The molecule has 2 amide bonds. The topological polar surface area (TPSA) is 105 Å². The Morgan fingerprint density at radius 3 is 2.66 bits per heavy atom. The van der Waals surface area contributed by atoms with Crippen LogP contribution in [0, 0.1) is 0 Å². The summed E-state index contributed by atoms with van der Waals surface area (Å²) in [5, 5.41) is 2.82. The van der Waals surface area contributed by atoms with E-state index in [0.29, 0.717) is 57.1 Å². The van der Waals surface area contributed by atoms with Crippen molar-refractivity contribution < 1.29 is 27.5 Å². The lowest BCUT2D eigenvalue weighted by molar-refractivity contribution is -0.125. The third-order valence-electron chi connectivity index (χ3n) is 5.11.